The van der Waals surface area contributed by atoms with E-state index < -0.39 is 9.84 Å². The molecule has 0 bridgehead atoms. The van der Waals surface area contributed by atoms with Crippen LogP contribution in [0.15, 0.2) is 42.5 Å². The maximum absolute atomic E-state index is 13.3. The minimum Gasteiger partial charge on any atom is -0.377 e. The van der Waals surface area contributed by atoms with E-state index in [1.807, 2.05) is 50.2 Å². The maximum atomic E-state index is 13.3. The van der Waals surface area contributed by atoms with Gasteiger partial charge in [0.25, 0.3) is 5.91 Å². The molecule has 3 aromatic rings. The number of carbonyl (C=O) groups excluding carboxylic acids is 1. The van der Waals surface area contributed by atoms with E-state index in [1.54, 1.807) is 17.9 Å². The predicted octanol–water partition coefficient (Wildman–Crippen LogP) is 1.63. The highest BCUT2D eigenvalue weighted by atomic mass is 32.2. The number of nitrogens with one attached hydrogen (secondary N) is 1. The van der Waals surface area contributed by atoms with Crippen molar-refractivity contribution in [1.29, 1.82) is 0 Å². The molecule has 10 nitrogen and oxygen atoms in total. The number of hydrogen-bond acceptors (Lipinski definition) is 8. The Balaban J connectivity index is 1.59. The van der Waals surface area contributed by atoms with Gasteiger partial charge in [0.2, 0.25) is 0 Å². The summed E-state index contributed by atoms with van der Waals surface area (Å²) in [6, 6.07) is 13.5. The highest BCUT2D eigenvalue weighted by Crippen LogP contribution is 2.25. The van der Waals surface area contributed by atoms with Crippen LogP contribution in [0.2, 0.25) is 0 Å². The average Bonchev–Trinajstić information content (AvgIpc) is 3.29. The third kappa shape index (κ3) is 6.30. The maximum Gasteiger partial charge on any atom is 0.251 e. The van der Waals surface area contributed by atoms with E-state index in [-0.39, 0.29) is 30.1 Å². The summed E-state index contributed by atoms with van der Waals surface area (Å²) in [5, 5.41) is 14.9. The molecule has 35 heavy (non-hydrogen) atoms. The van der Waals surface area contributed by atoms with Crippen LogP contribution < -0.4 is 5.32 Å². The Morgan fingerprint density at radius 3 is 2.51 bits per heavy atom. The summed E-state index contributed by atoms with van der Waals surface area (Å²) < 4.78 is 30.1. The molecule has 1 unspecified atom stereocenters. The number of aromatic nitrogens is 4. The standard InChI is InChI=1S/C24H30N6O4S/c1-17-4-6-19(7-5-17)20-12-21(14-22(13-20)30-23(16-34-3)26-27-28-30)24(31)25-18(2)15-29-8-10-35(32,33)11-9-29/h4-7,12-14,18H,8-11,15-16H2,1-3H3,(H,25,31). The zero-order valence-electron chi connectivity index (χ0n) is 20.1. The van der Waals surface area contributed by atoms with Gasteiger partial charge in [-0.15, -0.1) is 5.10 Å². The van der Waals surface area contributed by atoms with Crippen LogP contribution in [0.5, 0.6) is 0 Å². The normalized spacial score (nSPS) is 16.7. The molecule has 0 spiro atoms. The summed E-state index contributed by atoms with van der Waals surface area (Å²) >= 11 is 0. The van der Waals surface area contributed by atoms with Crippen molar-refractivity contribution in [3.8, 4) is 16.8 Å². The molecule has 1 saturated heterocycles. The SMILES string of the molecule is COCc1nnnn1-c1cc(C(=O)NC(C)CN2CCS(=O)(=O)CC2)cc(-c2ccc(C)cc2)c1. The van der Waals surface area contributed by atoms with Crippen LogP contribution in [0.25, 0.3) is 16.8 Å². The summed E-state index contributed by atoms with van der Waals surface area (Å²) in [4.78, 5) is 15.3. The van der Waals surface area contributed by atoms with Crippen LogP contribution in [0, 0.1) is 6.92 Å². The van der Waals surface area contributed by atoms with E-state index in [0.717, 1.165) is 16.7 Å². The molecule has 1 atom stereocenters. The predicted molar refractivity (Wildman–Crippen MR) is 132 cm³/mol. The topological polar surface area (TPSA) is 119 Å². The Morgan fingerprint density at radius 2 is 1.83 bits per heavy atom. The fourth-order valence-electron chi connectivity index (χ4n) is 4.08. The fourth-order valence-corrected chi connectivity index (χ4v) is 5.35. The van der Waals surface area contributed by atoms with E-state index in [4.69, 9.17) is 4.74 Å². The molecule has 1 aromatic heterocycles. The summed E-state index contributed by atoms with van der Waals surface area (Å²) in [6.07, 6.45) is 0. The largest absolute Gasteiger partial charge is 0.377 e. The third-order valence-electron chi connectivity index (χ3n) is 5.96. The average molecular weight is 499 g/mol. The van der Waals surface area contributed by atoms with Crippen molar-refractivity contribution >= 4 is 15.7 Å². The molecule has 186 valence electrons. The van der Waals surface area contributed by atoms with Gasteiger partial charge in [0.15, 0.2) is 15.7 Å². The monoisotopic (exact) mass is 498 g/mol. The molecule has 2 aromatic carbocycles. The second-order valence-corrected chi connectivity index (χ2v) is 11.2. The Morgan fingerprint density at radius 1 is 1.11 bits per heavy atom. The first-order chi connectivity index (χ1) is 16.7. The van der Waals surface area contributed by atoms with Crippen molar-refractivity contribution in [2.45, 2.75) is 26.5 Å². The Labute approximate surface area is 205 Å². The van der Waals surface area contributed by atoms with E-state index in [9.17, 15) is 13.2 Å². The van der Waals surface area contributed by atoms with Gasteiger partial charge in [0, 0.05) is 38.3 Å². The molecule has 1 aliphatic heterocycles. The molecule has 0 saturated carbocycles. The lowest BCUT2D eigenvalue weighted by Crippen LogP contribution is -2.47. The first kappa shape index (κ1) is 25.0. The van der Waals surface area contributed by atoms with Crippen LogP contribution in [-0.2, 0) is 21.2 Å². The lowest BCUT2D eigenvalue weighted by atomic mass is 10.0. The van der Waals surface area contributed by atoms with Gasteiger partial charge in [0.05, 0.1) is 17.2 Å². The van der Waals surface area contributed by atoms with E-state index in [2.05, 4.69) is 25.7 Å². The summed E-state index contributed by atoms with van der Waals surface area (Å²) in [6.45, 7) is 5.72. The summed E-state index contributed by atoms with van der Waals surface area (Å²) in [7, 11) is -1.37. The molecule has 1 amide bonds. The Bertz CT molecular complexity index is 1280. The Hall–Kier alpha value is -3.15. The van der Waals surface area contributed by atoms with Crippen molar-refractivity contribution in [3.05, 3.63) is 59.4 Å². The zero-order valence-corrected chi connectivity index (χ0v) is 21.0. The molecule has 1 fully saturated rings. The molecule has 0 aliphatic carbocycles. The van der Waals surface area contributed by atoms with E-state index >= 15 is 0 Å². The number of carbonyl (C=O) groups is 1. The molecule has 4 rings (SSSR count). The molecule has 1 N–H and O–H groups in total. The number of rotatable bonds is 8. The quantitative estimate of drug-likeness (QED) is 0.498. The minimum absolute atomic E-state index is 0.158. The number of hydrogen-bond donors (Lipinski definition) is 1. The van der Waals surface area contributed by atoms with Crippen LogP contribution in [0.4, 0.5) is 0 Å². The van der Waals surface area contributed by atoms with E-state index in [1.165, 1.54) is 0 Å². The van der Waals surface area contributed by atoms with Gasteiger partial charge in [-0.05, 0) is 53.6 Å². The molecule has 0 radical (unpaired) electrons. The number of aryl methyl sites for hydroxylation is 1. The van der Waals surface area contributed by atoms with Crippen molar-refractivity contribution in [1.82, 2.24) is 30.4 Å². The molecular formula is C24H30N6O4S. The first-order valence-corrected chi connectivity index (χ1v) is 13.3. The van der Waals surface area contributed by atoms with Crippen molar-refractivity contribution in [2.75, 3.05) is 38.2 Å². The molecule has 11 heteroatoms. The number of amides is 1. The Kier molecular flexibility index (Phi) is 7.58. The number of methoxy groups -OCH3 is 1. The van der Waals surface area contributed by atoms with Crippen LogP contribution in [-0.4, -0.2) is 83.7 Å². The van der Waals surface area contributed by atoms with Gasteiger partial charge >= 0.3 is 0 Å². The number of sulfone groups is 1. The van der Waals surface area contributed by atoms with Crippen molar-refractivity contribution in [2.24, 2.45) is 0 Å². The molecule has 1 aliphatic rings. The highest BCUT2D eigenvalue weighted by molar-refractivity contribution is 7.91. The smallest absolute Gasteiger partial charge is 0.251 e. The van der Waals surface area contributed by atoms with E-state index in [0.29, 0.717) is 36.7 Å². The lowest BCUT2D eigenvalue weighted by molar-refractivity contribution is 0.0930. The highest BCUT2D eigenvalue weighted by Gasteiger charge is 2.23. The van der Waals surface area contributed by atoms with Crippen molar-refractivity contribution < 1.29 is 17.9 Å². The molecule has 2 heterocycles. The molecular weight excluding hydrogens is 468 g/mol. The number of ether oxygens (including phenoxy) is 1. The van der Waals surface area contributed by atoms with Gasteiger partial charge < -0.3 is 10.1 Å². The lowest BCUT2D eigenvalue weighted by Gasteiger charge is -2.29. The fraction of sp³-hybridized carbons (Fsp3) is 0.417. The first-order valence-electron chi connectivity index (χ1n) is 11.5. The second kappa shape index (κ2) is 10.6. The van der Waals surface area contributed by atoms with Crippen LogP contribution >= 0.6 is 0 Å². The number of nitrogens with zero attached hydrogens (tertiary/aromatic N) is 5. The van der Waals surface area contributed by atoms with Gasteiger partial charge in [0.1, 0.15) is 6.61 Å². The van der Waals surface area contributed by atoms with Gasteiger partial charge in [-0.1, -0.05) is 29.8 Å². The number of tetrazole rings is 1. The van der Waals surface area contributed by atoms with Gasteiger partial charge in [-0.2, -0.15) is 4.68 Å². The third-order valence-corrected chi connectivity index (χ3v) is 7.57. The van der Waals surface area contributed by atoms with Gasteiger partial charge in [-0.25, -0.2) is 8.42 Å². The zero-order chi connectivity index (χ0) is 25.0. The van der Waals surface area contributed by atoms with Crippen LogP contribution in [0.3, 0.4) is 0 Å². The van der Waals surface area contributed by atoms with Crippen molar-refractivity contribution in [3.63, 3.8) is 0 Å². The second-order valence-electron chi connectivity index (χ2n) is 8.90. The number of benzene rings is 2. The summed E-state index contributed by atoms with van der Waals surface area (Å²) in [5.41, 5.74) is 4.10. The van der Waals surface area contributed by atoms with Gasteiger partial charge in [-0.3, -0.25) is 9.69 Å². The minimum atomic E-state index is -2.94. The van der Waals surface area contributed by atoms with Crippen LogP contribution in [0.1, 0.15) is 28.7 Å². The summed E-state index contributed by atoms with van der Waals surface area (Å²) in [5.74, 6) is 0.614.